The minimum Gasteiger partial charge on any atom is -0.395 e. The fraction of sp³-hybridized carbons (Fsp3) is 1.00. The van der Waals surface area contributed by atoms with Gasteiger partial charge in [0.1, 0.15) is 0 Å². The van der Waals surface area contributed by atoms with Crippen molar-refractivity contribution in [2.24, 2.45) is 11.1 Å². The van der Waals surface area contributed by atoms with E-state index in [1.165, 1.54) is 19.3 Å². The molecule has 1 unspecified atom stereocenters. The lowest BCUT2D eigenvalue weighted by atomic mass is 9.79. The molecule has 2 aliphatic heterocycles. The van der Waals surface area contributed by atoms with Crippen LogP contribution in [0.3, 0.4) is 0 Å². The van der Waals surface area contributed by atoms with Crippen LogP contribution in [-0.4, -0.2) is 55.5 Å². The molecule has 4 heteroatoms. The van der Waals surface area contributed by atoms with Gasteiger partial charge in [0, 0.05) is 25.8 Å². The van der Waals surface area contributed by atoms with Gasteiger partial charge in [-0.2, -0.15) is 0 Å². The van der Waals surface area contributed by atoms with E-state index in [0.717, 1.165) is 52.1 Å². The van der Waals surface area contributed by atoms with Crippen LogP contribution in [0.2, 0.25) is 0 Å². The van der Waals surface area contributed by atoms with Crippen LogP contribution in [0.5, 0.6) is 0 Å². The molecule has 2 saturated heterocycles. The number of ether oxygens (including phenoxy) is 1. The first-order valence-corrected chi connectivity index (χ1v) is 7.42. The summed E-state index contributed by atoms with van der Waals surface area (Å²) in [4.78, 5) is 2.49. The van der Waals surface area contributed by atoms with Crippen LogP contribution >= 0.6 is 0 Å². The summed E-state index contributed by atoms with van der Waals surface area (Å²) in [6.45, 7) is 4.87. The lowest BCUT2D eigenvalue weighted by Crippen LogP contribution is -2.50. The summed E-state index contributed by atoms with van der Waals surface area (Å²) in [6, 6.07) is 0.346. The third kappa shape index (κ3) is 3.44. The van der Waals surface area contributed by atoms with Gasteiger partial charge in [0.15, 0.2) is 0 Å². The number of likely N-dealkylation sites (tertiary alicyclic amines) is 1. The van der Waals surface area contributed by atoms with E-state index in [1.54, 1.807) is 0 Å². The molecule has 2 heterocycles. The van der Waals surface area contributed by atoms with Crippen LogP contribution in [0.4, 0.5) is 0 Å². The zero-order chi connectivity index (χ0) is 12.8. The Labute approximate surface area is 110 Å². The quantitative estimate of drug-likeness (QED) is 0.787. The summed E-state index contributed by atoms with van der Waals surface area (Å²) >= 11 is 0. The van der Waals surface area contributed by atoms with Crippen molar-refractivity contribution in [1.82, 2.24) is 4.90 Å². The normalized spacial score (nSPS) is 30.0. The van der Waals surface area contributed by atoms with Gasteiger partial charge in [-0.3, -0.25) is 4.90 Å². The van der Waals surface area contributed by atoms with Crippen LogP contribution in [0.1, 0.15) is 38.5 Å². The number of hydrogen-bond donors (Lipinski definition) is 2. The van der Waals surface area contributed by atoms with Gasteiger partial charge in [-0.1, -0.05) is 12.8 Å². The van der Waals surface area contributed by atoms with E-state index in [1.807, 2.05) is 0 Å². The van der Waals surface area contributed by atoms with Crippen molar-refractivity contribution in [2.45, 2.75) is 44.6 Å². The highest BCUT2D eigenvalue weighted by Gasteiger charge is 2.35. The highest BCUT2D eigenvalue weighted by molar-refractivity contribution is 4.88. The maximum atomic E-state index is 9.57. The number of hydrogen-bond acceptors (Lipinski definition) is 4. The fourth-order valence-electron chi connectivity index (χ4n) is 3.31. The SMILES string of the molecule is NCC1(CN2CCCCCC2CO)CCOCC1. The van der Waals surface area contributed by atoms with Gasteiger partial charge in [0.25, 0.3) is 0 Å². The first-order chi connectivity index (χ1) is 8.79. The summed E-state index contributed by atoms with van der Waals surface area (Å²) < 4.78 is 5.47. The van der Waals surface area contributed by atoms with Crippen LogP contribution in [0.15, 0.2) is 0 Å². The van der Waals surface area contributed by atoms with Crippen LogP contribution < -0.4 is 5.73 Å². The Morgan fingerprint density at radius 1 is 1.22 bits per heavy atom. The van der Waals surface area contributed by atoms with E-state index in [2.05, 4.69) is 4.90 Å². The van der Waals surface area contributed by atoms with Crippen molar-refractivity contribution < 1.29 is 9.84 Å². The van der Waals surface area contributed by atoms with Crippen molar-refractivity contribution in [3.8, 4) is 0 Å². The van der Waals surface area contributed by atoms with E-state index in [0.29, 0.717) is 6.04 Å². The van der Waals surface area contributed by atoms with Crippen molar-refractivity contribution in [3.63, 3.8) is 0 Å². The van der Waals surface area contributed by atoms with Crippen molar-refractivity contribution in [2.75, 3.05) is 39.5 Å². The molecular formula is C14H28N2O2. The molecule has 0 radical (unpaired) electrons. The Hall–Kier alpha value is -0.160. The van der Waals surface area contributed by atoms with E-state index < -0.39 is 0 Å². The molecule has 0 aliphatic carbocycles. The fourth-order valence-corrected chi connectivity index (χ4v) is 3.31. The molecule has 0 bridgehead atoms. The Balaban J connectivity index is 1.99. The molecule has 0 aromatic heterocycles. The average Bonchev–Trinajstić information content (AvgIpc) is 2.65. The lowest BCUT2D eigenvalue weighted by Gasteiger charge is -2.42. The molecule has 1 atom stereocenters. The Kier molecular flexibility index (Phi) is 5.42. The Morgan fingerprint density at radius 3 is 2.67 bits per heavy atom. The average molecular weight is 256 g/mol. The van der Waals surface area contributed by atoms with Gasteiger partial charge in [0.2, 0.25) is 0 Å². The number of aliphatic hydroxyl groups excluding tert-OH is 1. The van der Waals surface area contributed by atoms with Crippen molar-refractivity contribution in [3.05, 3.63) is 0 Å². The molecule has 0 amide bonds. The van der Waals surface area contributed by atoms with Gasteiger partial charge >= 0.3 is 0 Å². The smallest absolute Gasteiger partial charge is 0.0586 e. The maximum Gasteiger partial charge on any atom is 0.0586 e. The highest BCUT2D eigenvalue weighted by Crippen LogP contribution is 2.32. The molecule has 3 N–H and O–H groups in total. The molecular weight excluding hydrogens is 228 g/mol. The van der Waals surface area contributed by atoms with E-state index in [-0.39, 0.29) is 12.0 Å². The highest BCUT2D eigenvalue weighted by atomic mass is 16.5. The summed E-state index contributed by atoms with van der Waals surface area (Å²) in [5.41, 5.74) is 6.25. The number of aliphatic hydroxyl groups is 1. The van der Waals surface area contributed by atoms with Crippen LogP contribution in [0.25, 0.3) is 0 Å². The van der Waals surface area contributed by atoms with Gasteiger partial charge in [-0.05, 0) is 44.2 Å². The van der Waals surface area contributed by atoms with E-state index in [4.69, 9.17) is 10.5 Å². The molecule has 0 saturated carbocycles. The molecule has 2 fully saturated rings. The monoisotopic (exact) mass is 256 g/mol. The first-order valence-electron chi connectivity index (χ1n) is 7.42. The summed E-state index contributed by atoms with van der Waals surface area (Å²) in [5, 5.41) is 9.57. The van der Waals surface area contributed by atoms with Gasteiger partial charge in [-0.25, -0.2) is 0 Å². The minimum atomic E-state index is 0.218. The Bertz CT molecular complexity index is 242. The Morgan fingerprint density at radius 2 is 2.00 bits per heavy atom. The molecule has 106 valence electrons. The third-order valence-corrected chi connectivity index (χ3v) is 4.73. The third-order valence-electron chi connectivity index (χ3n) is 4.73. The summed E-state index contributed by atoms with van der Waals surface area (Å²) in [7, 11) is 0. The standard InChI is InChI=1S/C14H28N2O2/c15-11-14(5-8-18-9-6-14)12-16-7-3-1-2-4-13(16)10-17/h13,17H,1-12,15H2. The molecule has 0 aromatic rings. The largest absolute Gasteiger partial charge is 0.395 e. The molecule has 18 heavy (non-hydrogen) atoms. The zero-order valence-corrected chi connectivity index (χ0v) is 11.4. The van der Waals surface area contributed by atoms with Crippen LogP contribution in [0, 0.1) is 5.41 Å². The summed E-state index contributed by atoms with van der Waals surface area (Å²) in [5.74, 6) is 0. The van der Waals surface area contributed by atoms with Gasteiger partial charge in [-0.15, -0.1) is 0 Å². The second-order valence-electron chi connectivity index (χ2n) is 5.97. The predicted molar refractivity (Wildman–Crippen MR) is 72.5 cm³/mol. The van der Waals surface area contributed by atoms with Crippen molar-refractivity contribution >= 4 is 0 Å². The van der Waals surface area contributed by atoms with Crippen LogP contribution in [-0.2, 0) is 4.74 Å². The molecule has 4 nitrogen and oxygen atoms in total. The molecule has 0 aromatic carbocycles. The van der Waals surface area contributed by atoms with Gasteiger partial charge in [0.05, 0.1) is 6.61 Å². The minimum absolute atomic E-state index is 0.218. The van der Waals surface area contributed by atoms with E-state index >= 15 is 0 Å². The molecule has 2 aliphatic rings. The summed E-state index contributed by atoms with van der Waals surface area (Å²) in [6.07, 6.45) is 7.07. The maximum absolute atomic E-state index is 9.57. The number of rotatable bonds is 4. The second kappa shape index (κ2) is 6.85. The number of nitrogens with two attached hydrogens (primary N) is 1. The second-order valence-corrected chi connectivity index (χ2v) is 5.97. The van der Waals surface area contributed by atoms with Crippen molar-refractivity contribution in [1.29, 1.82) is 0 Å². The topological polar surface area (TPSA) is 58.7 Å². The molecule has 2 rings (SSSR count). The van der Waals surface area contributed by atoms with Gasteiger partial charge < -0.3 is 15.6 Å². The predicted octanol–water partition coefficient (Wildman–Crippen LogP) is 0.979. The number of nitrogens with zero attached hydrogens (tertiary/aromatic N) is 1. The zero-order valence-electron chi connectivity index (χ0n) is 11.4. The lowest BCUT2D eigenvalue weighted by molar-refractivity contribution is -0.0125. The first kappa shape index (κ1) is 14.3. The van der Waals surface area contributed by atoms with E-state index in [9.17, 15) is 5.11 Å². The molecule has 0 spiro atoms.